The summed E-state index contributed by atoms with van der Waals surface area (Å²) in [4.78, 5) is 16.0. The fraction of sp³-hybridized carbons (Fsp3) is 0.176. The summed E-state index contributed by atoms with van der Waals surface area (Å²) in [6, 6.07) is 13.3. The molecule has 0 fully saturated rings. The van der Waals surface area contributed by atoms with Gasteiger partial charge in [-0.2, -0.15) is 0 Å². The highest BCUT2D eigenvalue weighted by molar-refractivity contribution is 5.78. The van der Waals surface area contributed by atoms with E-state index in [4.69, 9.17) is 5.73 Å². The standard InChI is InChI=1S/C17H17N3O/c18-9-4-7-14-5-3-6-15(11-14)13-20-17(21)12-16-8-1-2-10-19-16/h1-3,5-6,8,10-11H,9,12-13,18H2,(H,20,21). The first-order valence-corrected chi connectivity index (χ1v) is 6.72. The molecule has 3 N–H and O–H groups in total. The van der Waals surface area contributed by atoms with Gasteiger partial charge in [0.1, 0.15) is 0 Å². The van der Waals surface area contributed by atoms with Gasteiger partial charge in [0.25, 0.3) is 0 Å². The fourth-order valence-electron chi connectivity index (χ4n) is 1.84. The van der Waals surface area contributed by atoms with Gasteiger partial charge in [0.15, 0.2) is 0 Å². The van der Waals surface area contributed by atoms with Gasteiger partial charge in [-0.3, -0.25) is 9.78 Å². The molecule has 1 aromatic carbocycles. The number of nitrogens with zero attached hydrogens (tertiary/aromatic N) is 1. The molecule has 0 bridgehead atoms. The molecule has 106 valence electrons. The van der Waals surface area contributed by atoms with Crippen LogP contribution in [0.2, 0.25) is 0 Å². The van der Waals surface area contributed by atoms with Gasteiger partial charge in [0.2, 0.25) is 5.91 Å². The van der Waals surface area contributed by atoms with E-state index in [1.807, 2.05) is 42.5 Å². The minimum atomic E-state index is -0.0489. The van der Waals surface area contributed by atoms with Crippen LogP contribution in [0.4, 0.5) is 0 Å². The number of amides is 1. The average Bonchev–Trinajstić information content (AvgIpc) is 2.52. The highest BCUT2D eigenvalue weighted by Crippen LogP contribution is 2.04. The van der Waals surface area contributed by atoms with Crippen LogP contribution in [0.25, 0.3) is 0 Å². The molecule has 0 aliphatic heterocycles. The number of carbonyl (C=O) groups excluding carboxylic acids is 1. The van der Waals surface area contributed by atoms with Crippen LogP contribution < -0.4 is 11.1 Å². The van der Waals surface area contributed by atoms with E-state index in [0.717, 1.165) is 16.8 Å². The lowest BCUT2D eigenvalue weighted by Crippen LogP contribution is -2.24. The topological polar surface area (TPSA) is 68.0 Å². The van der Waals surface area contributed by atoms with Crippen molar-refractivity contribution in [2.45, 2.75) is 13.0 Å². The van der Waals surface area contributed by atoms with E-state index >= 15 is 0 Å². The smallest absolute Gasteiger partial charge is 0.226 e. The number of pyridine rings is 1. The third-order valence-electron chi connectivity index (χ3n) is 2.82. The van der Waals surface area contributed by atoms with Crippen LogP contribution in [0, 0.1) is 11.8 Å². The number of rotatable bonds is 4. The molecule has 0 unspecified atom stereocenters. The number of nitrogens with one attached hydrogen (secondary N) is 1. The van der Waals surface area contributed by atoms with E-state index in [9.17, 15) is 4.79 Å². The minimum Gasteiger partial charge on any atom is -0.352 e. The highest BCUT2D eigenvalue weighted by Gasteiger charge is 2.04. The van der Waals surface area contributed by atoms with Gasteiger partial charge in [-0.25, -0.2) is 0 Å². The summed E-state index contributed by atoms with van der Waals surface area (Å²) in [6.45, 7) is 0.814. The van der Waals surface area contributed by atoms with Gasteiger partial charge in [0.05, 0.1) is 13.0 Å². The Hall–Kier alpha value is -2.64. The maximum atomic E-state index is 11.8. The number of nitrogens with two attached hydrogens (primary N) is 1. The molecule has 2 rings (SSSR count). The molecule has 0 radical (unpaired) electrons. The molecule has 0 spiro atoms. The van der Waals surface area contributed by atoms with Crippen LogP contribution in [0.1, 0.15) is 16.8 Å². The summed E-state index contributed by atoms with van der Waals surface area (Å²) >= 11 is 0. The Morgan fingerprint density at radius 1 is 1.24 bits per heavy atom. The lowest BCUT2D eigenvalue weighted by atomic mass is 10.1. The van der Waals surface area contributed by atoms with Crippen molar-refractivity contribution in [1.82, 2.24) is 10.3 Å². The molecule has 0 saturated carbocycles. The van der Waals surface area contributed by atoms with Crippen molar-refractivity contribution >= 4 is 5.91 Å². The molecule has 21 heavy (non-hydrogen) atoms. The lowest BCUT2D eigenvalue weighted by Gasteiger charge is -2.05. The van der Waals surface area contributed by atoms with Crippen molar-refractivity contribution in [3.63, 3.8) is 0 Å². The quantitative estimate of drug-likeness (QED) is 0.828. The van der Waals surface area contributed by atoms with Crippen molar-refractivity contribution < 1.29 is 4.79 Å². The normalized spacial score (nSPS) is 9.57. The fourth-order valence-corrected chi connectivity index (χ4v) is 1.84. The van der Waals surface area contributed by atoms with Crippen LogP contribution >= 0.6 is 0 Å². The third kappa shape index (κ3) is 5.09. The Morgan fingerprint density at radius 2 is 2.14 bits per heavy atom. The van der Waals surface area contributed by atoms with E-state index in [0.29, 0.717) is 13.1 Å². The number of aromatic nitrogens is 1. The Balaban J connectivity index is 1.89. The Labute approximate surface area is 124 Å². The lowest BCUT2D eigenvalue weighted by molar-refractivity contribution is -0.120. The Kier molecular flexibility index (Phi) is 5.50. The second-order valence-electron chi connectivity index (χ2n) is 4.48. The summed E-state index contributed by atoms with van der Waals surface area (Å²) < 4.78 is 0. The zero-order valence-electron chi connectivity index (χ0n) is 11.7. The molecule has 0 aliphatic rings. The Bertz CT molecular complexity index is 656. The second kappa shape index (κ2) is 7.83. The van der Waals surface area contributed by atoms with Crippen LogP contribution in [0.5, 0.6) is 0 Å². The summed E-state index contributed by atoms with van der Waals surface area (Å²) in [5, 5.41) is 2.88. The number of benzene rings is 1. The van der Waals surface area contributed by atoms with Crippen LogP contribution in [-0.4, -0.2) is 17.4 Å². The highest BCUT2D eigenvalue weighted by atomic mass is 16.1. The molecule has 0 aliphatic carbocycles. The van der Waals surface area contributed by atoms with Gasteiger partial charge in [-0.05, 0) is 29.8 Å². The first-order chi connectivity index (χ1) is 10.3. The Morgan fingerprint density at radius 3 is 2.90 bits per heavy atom. The maximum Gasteiger partial charge on any atom is 0.226 e. The van der Waals surface area contributed by atoms with E-state index in [2.05, 4.69) is 22.1 Å². The molecule has 1 amide bonds. The van der Waals surface area contributed by atoms with Crippen LogP contribution in [0.15, 0.2) is 48.7 Å². The summed E-state index contributed by atoms with van der Waals surface area (Å²) in [6.07, 6.45) is 1.97. The monoisotopic (exact) mass is 279 g/mol. The van der Waals surface area contributed by atoms with Gasteiger partial charge in [0, 0.05) is 24.0 Å². The van der Waals surface area contributed by atoms with Crippen molar-refractivity contribution in [2.75, 3.05) is 6.54 Å². The molecular formula is C17H17N3O. The summed E-state index contributed by atoms with van der Waals surface area (Å²) in [5.74, 6) is 5.74. The predicted molar refractivity (Wildman–Crippen MR) is 82.2 cm³/mol. The third-order valence-corrected chi connectivity index (χ3v) is 2.82. The number of hydrogen-bond acceptors (Lipinski definition) is 3. The van der Waals surface area contributed by atoms with Crippen molar-refractivity contribution in [3.05, 3.63) is 65.5 Å². The first-order valence-electron chi connectivity index (χ1n) is 6.72. The molecule has 1 aromatic heterocycles. The van der Waals surface area contributed by atoms with Gasteiger partial charge < -0.3 is 11.1 Å². The molecule has 2 aromatic rings. The van der Waals surface area contributed by atoms with E-state index in [1.165, 1.54) is 0 Å². The first kappa shape index (κ1) is 14.8. The summed E-state index contributed by atoms with van der Waals surface area (Å²) in [5.41, 5.74) is 8.02. The minimum absolute atomic E-state index is 0.0489. The number of hydrogen-bond donors (Lipinski definition) is 2. The van der Waals surface area contributed by atoms with E-state index in [-0.39, 0.29) is 12.3 Å². The van der Waals surface area contributed by atoms with Gasteiger partial charge in [-0.1, -0.05) is 30.0 Å². The number of carbonyl (C=O) groups is 1. The van der Waals surface area contributed by atoms with Crippen molar-refractivity contribution in [2.24, 2.45) is 5.73 Å². The maximum absolute atomic E-state index is 11.8. The van der Waals surface area contributed by atoms with Crippen molar-refractivity contribution in [1.29, 1.82) is 0 Å². The predicted octanol–water partition coefficient (Wildman–Crippen LogP) is 1.25. The zero-order valence-corrected chi connectivity index (χ0v) is 11.7. The molecule has 1 heterocycles. The second-order valence-corrected chi connectivity index (χ2v) is 4.48. The van der Waals surface area contributed by atoms with E-state index < -0.39 is 0 Å². The van der Waals surface area contributed by atoms with Crippen LogP contribution in [0.3, 0.4) is 0 Å². The molecule has 0 saturated heterocycles. The van der Waals surface area contributed by atoms with E-state index in [1.54, 1.807) is 6.20 Å². The van der Waals surface area contributed by atoms with Crippen LogP contribution in [-0.2, 0) is 17.8 Å². The average molecular weight is 279 g/mol. The molecular weight excluding hydrogens is 262 g/mol. The van der Waals surface area contributed by atoms with Crippen molar-refractivity contribution in [3.8, 4) is 11.8 Å². The summed E-state index contributed by atoms with van der Waals surface area (Å²) in [7, 11) is 0. The zero-order chi connectivity index (χ0) is 14.9. The SMILES string of the molecule is NCC#Cc1cccc(CNC(=O)Cc2ccccn2)c1. The molecule has 0 atom stereocenters. The largest absolute Gasteiger partial charge is 0.352 e. The van der Waals surface area contributed by atoms with Gasteiger partial charge in [-0.15, -0.1) is 0 Å². The van der Waals surface area contributed by atoms with Gasteiger partial charge >= 0.3 is 0 Å². The molecule has 4 nitrogen and oxygen atoms in total. The molecule has 4 heteroatoms.